The van der Waals surface area contributed by atoms with E-state index in [9.17, 15) is 4.79 Å². The first-order chi connectivity index (χ1) is 14.7. The lowest BCUT2D eigenvalue weighted by Gasteiger charge is -2.31. The molecule has 4 rings (SSSR count). The number of nitrogens with one attached hydrogen (secondary N) is 3. The lowest BCUT2D eigenvalue weighted by Crippen LogP contribution is -2.47. The summed E-state index contributed by atoms with van der Waals surface area (Å²) in [5.41, 5.74) is 1.43. The van der Waals surface area contributed by atoms with E-state index in [1.807, 2.05) is 6.07 Å². The van der Waals surface area contributed by atoms with E-state index >= 15 is 0 Å². The number of hydrogen-bond donors (Lipinski definition) is 3. The molecule has 3 N–H and O–H groups in total. The maximum atomic E-state index is 12.8. The van der Waals surface area contributed by atoms with Crippen molar-refractivity contribution in [1.82, 2.24) is 30.2 Å². The first-order valence-electron chi connectivity index (χ1n) is 9.99. The molecule has 2 atom stereocenters. The number of urea groups is 1. The van der Waals surface area contributed by atoms with Crippen molar-refractivity contribution in [2.75, 3.05) is 19.0 Å². The van der Waals surface area contributed by atoms with Crippen LogP contribution in [-0.4, -0.2) is 45.2 Å². The molecule has 1 aromatic carbocycles. The number of carbonyl (C=O) groups excluding carboxylic acids is 1. The molecule has 9 nitrogen and oxygen atoms in total. The van der Waals surface area contributed by atoms with Gasteiger partial charge in [0.15, 0.2) is 0 Å². The van der Waals surface area contributed by atoms with Crippen molar-refractivity contribution in [2.45, 2.75) is 31.3 Å². The number of methoxy groups -OCH3 is 1. The molecule has 0 radical (unpaired) electrons. The van der Waals surface area contributed by atoms with Gasteiger partial charge in [-0.2, -0.15) is 0 Å². The van der Waals surface area contributed by atoms with Gasteiger partial charge < -0.3 is 20.7 Å². The predicted octanol–water partition coefficient (Wildman–Crippen LogP) is 2.68. The molecule has 2 unspecified atom stereocenters. The molecule has 1 aliphatic heterocycles. The average Bonchev–Trinajstić information content (AvgIpc) is 3.34. The van der Waals surface area contributed by atoms with Crippen LogP contribution in [0.1, 0.15) is 31.0 Å². The Morgan fingerprint density at radius 2 is 2.10 bits per heavy atom. The van der Waals surface area contributed by atoms with Gasteiger partial charge in [-0.25, -0.2) is 19.7 Å². The fourth-order valence-electron chi connectivity index (χ4n) is 3.56. The zero-order valence-electron chi connectivity index (χ0n) is 16.8. The van der Waals surface area contributed by atoms with Crippen molar-refractivity contribution in [3.8, 4) is 11.7 Å². The number of nitrogens with zero attached hydrogens (tertiary/aromatic N) is 4. The number of anilines is 1. The highest BCUT2D eigenvalue weighted by atomic mass is 16.5. The van der Waals surface area contributed by atoms with E-state index in [2.05, 4.69) is 30.9 Å². The highest BCUT2D eigenvalue weighted by molar-refractivity contribution is 5.89. The molecule has 1 fully saturated rings. The minimum absolute atomic E-state index is 0.0888. The first kappa shape index (κ1) is 19.8. The van der Waals surface area contributed by atoms with E-state index in [1.165, 1.54) is 0 Å². The monoisotopic (exact) mass is 407 g/mol. The van der Waals surface area contributed by atoms with Crippen LogP contribution < -0.4 is 20.7 Å². The van der Waals surface area contributed by atoms with Gasteiger partial charge in [0.1, 0.15) is 12.1 Å². The third kappa shape index (κ3) is 4.74. The summed E-state index contributed by atoms with van der Waals surface area (Å²) < 4.78 is 6.90. The number of piperidine rings is 1. The van der Waals surface area contributed by atoms with Crippen molar-refractivity contribution in [1.29, 1.82) is 0 Å². The van der Waals surface area contributed by atoms with Crippen LogP contribution in [0.15, 0.2) is 55.2 Å². The minimum Gasteiger partial charge on any atom is -0.497 e. The molecule has 9 heteroatoms. The predicted molar refractivity (Wildman–Crippen MR) is 113 cm³/mol. The van der Waals surface area contributed by atoms with E-state index in [1.54, 1.807) is 60.9 Å². The van der Waals surface area contributed by atoms with Crippen LogP contribution in [-0.2, 0) is 0 Å². The molecule has 3 heterocycles. The number of hydrogen-bond acceptors (Lipinski definition) is 6. The minimum atomic E-state index is -0.297. The van der Waals surface area contributed by atoms with Crippen LogP contribution in [0.5, 0.6) is 5.75 Å². The van der Waals surface area contributed by atoms with Gasteiger partial charge in [0.2, 0.25) is 5.95 Å². The Morgan fingerprint density at radius 3 is 2.80 bits per heavy atom. The van der Waals surface area contributed by atoms with Gasteiger partial charge >= 0.3 is 6.03 Å². The molecule has 0 saturated carbocycles. The van der Waals surface area contributed by atoms with Gasteiger partial charge in [-0.1, -0.05) is 6.42 Å². The second-order valence-electron chi connectivity index (χ2n) is 7.11. The maximum Gasteiger partial charge on any atom is 0.319 e. The van der Waals surface area contributed by atoms with Crippen molar-refractivity contribution >= 4 is 11.7 Å². The van der Waals surface area contributed by atoms with Crippen LogP contribution in [0.25, 0.3) is 5.95 Å². The molecule has 1 saturated heterocycles. The first-order valence-corrected chi connectivity index (χ1v) is 9.99. The Balaban J connectivity index is 1.54. The smallest absolute Gasteiger partial charge is 0.319 e. The van der Waals surface area contributed by atoms with Crippen molar-refractivity contribution in [3.63, 3.8) is 0 Å². The van der Waals surface area contributed by atoms with Crippen LogP contribution in [0, 0.1) is 0 Å². The third-order valence-corrected chi connectivity index (χ3v) is 5.10. The number of amides is 2. The lowest BCUT2D eigenvalue weighted by atomic mass is 9.95. The Morgan fingerprint density at radius 1 is 1.23 bits per heavy atom. The Labute approximate surface area is 174 Å². The molecule has 30 heavy (non-hydrogen) atoms. The van der Waals surface area contributed by atoms with E-state index in [4.69, 9.17) is 4.74 Å². The normalized spacial score (nSPS) is 17.2. The molecule has 0 spiro atoms. The quantitative estimate of drug-likeness (QED) is 0.580. The van der Waals surface area contributed by atoms with E-state index in [-0.39, 0.29) is 18.1 Å². The number of aromatic nitrogens is 4. The van der Waals surface area contributed by atoms with Gasteiger partial charge in [0.25, 0.3) is 0 Å². The largest absolute Gasteiger partial charge is 0.497 e. The number of imidazole rings is 1. The molecule has 0 bridgehead atoms. The van der Waals surface area contributed by atoms with Crippen LogP contribution in [0.3, 0.4) is 0 Å². The summed E-state index contributed by atoms with van der Waals surface area (Å²) in [6.45, 7) is 0.919. The Hall–Kier alpha value is -3.46. The molecule has 3 aromatic rings. The summed E-state index contributed by atoms with van der Waals surface area (Å²) in [4.78, 5) is 25.8. The third-order valence-electron chi connectivity index (χ3n) is 5.10. The fourth-order valence-corrected chi connectivity index (χ4v) is 3.56. The Bertz CT molecular complexity index is 954. The summed E-state index contributed by atoms with van der Waals surface area (Å²) in [6.07, 6.45) is 10.0. The van der Waals surface area contributed by atoms with Gasteiger partial charge in [-0.05, 0) is 49.7 Å². The van der Waals surface area contributed by atoms with Crippen LogP contribution >= 0.6 is 0 Å². The van der Waals surface area contributed by atoms with Crippen molar-refractivity contribution < 1.29 is 9.53 Å². The molecule has 1 aliphatic rings. The second kappa shape index (κ2) is 9.36. The number of ether oxygens (including phenoxy) is 1. The summed E-state index contributed by atoms with van der Waals surface area (Å²) in [6, 6.07) is 8.55. The summed E-state index contributed by atoms with van der Waals surface area (Å²) in [5.74, 6) is 1.25. The van der Waals surface area contributed by atoms with Crippen LogP contribution in [0.2, 0.25) is 0 Å². The standard InChI is InChI=1S/C21H25N7O2/c1-30-16-7-5-15(6-8-16)25-21(29)27-19(17-4-2-3-10-23-17)18-9-11-24-20(26-18)28-13-12-22-14-28/h5-9,11-14,17,19,23H,2-4,10H2,1H3,(H2,25,27,29). The zero-order chi connectivity index (χ0) is 20.8. The molecule has 2 amide bonds. The van der Waals surface area contributed by atoms with Crippen LogP contribution in [0.4, 0.5) is 10.5 Å². The fraction of sp³-hybridized carbons (Fsp3) is 0.333. The van der Waals surface area contributed by atoms with Crippen molar-refractivity contribution in [3.05, 3.63) is 60.9 Å². The second-order valence-corrected chi connectivity index (χ2v) is 7.11. The highest BCUT2D eigenvalue weighted by Gasteiger charge is 2.28. The molecule has 156 valence electrons. The Kier molecular flexibility index (Phi) is 6.19. The molecular weight excluding hydrogens is 382 g/mol. The molecule has 2 aromatic heterocycles. The average molecular weight is 407 g/mol. The summed E-state index contributed by atoms with van der Waals surface area (Å²) in [5, 5.41) is 9.49. The number of carbonyl (C=O) groups is 1. The zero-order valence-corrected chi connectivity index (χ0v) is 16.8. The topological polar surface area (TPSA) is 106 Å². The van der Waals surface area contributed by atoms with E-state index in [0.29, 0.717) is 11.6 Å². The number of rotatable bonds is 6. The van der Waals surface area contributed by atoms with Gasteiger partial charge in [-0.15, -0.1) is 0 Å². The van der Waals surface area contributed by atoms with Crippen molar-refractivity contribution in [2.24, 2.45) is 0 Å². The summed E-state index contributed by atoms with van der Waals surface area (Å²) in [7, 11) is 1.61. The number of benzene rings is 1. The van der Waals surface area contributed by atoms with E-state index < -0.39 is 0 Å². The van der Waals surface area contributed by atoms with Gasteiger partial charge in [0.05, 0.1) is 18.8 Å². The SMILES string of the molecule is COc1ccc(NC(=O)NC(c2ccnc(-n3ccnc3)n2)C2CCCCN2)cc1. The molecular formula is C21H25N7O2. The highest BCUT2D eigenvalue weighted by Crippen LogP contribution is 2.23. The van der Waals surface area contributed by atoms with Gasteiger partial charge in [-0.3, -0.25) is 4.57 Å². The van der Waals surface area contributed by atoms with Gasteiger partial charge in [0, 0.05) is 30.3 Å². The van der Waals surface area contributed by atoms with E-state index in [0.717, 1.165) is 37.3 Å². The summed E-state index contributed by atoms with van der Waals surface area (Å²) >= 11 is 0. The lowest BCUT2D eigenvalue weighted by molar-refractivity contribution is 0.240. The maximum absolute atomic E-state index is 12.8. The molecule has 0 aliphatic carbocycles.